The SMILES string of the molecule is O=C(/C=C/c1cccn1-c1ccc([N+](=O)[O-])cc1)c1ccc(Cl)cc1Cl. The van der Waals surface area contributed by atoms with E-state index in [4.69, 9.17) is 23.2 Å². The van der Waals surface area contributed by atoms with Crippen LogP contribution in [0.3, 0.4) is 0 Å². The van der Waals surface area contributed by atoms with Gasteiger partial charge in [0.25, 0.3) is 5.69 Å². The van der Waals surface area contributed by atoms with Crippen molar-refractivity contribution in [2.45, 2.75) is 0 Å². The molecule has 26 heavy (non-hydrogen) atoms. The number of benzene rings is 2. The molecule has 0 aliphatic rings. The summed E-state index contributed by atoms with van der Waals surface area (Å²) in [6, 6.07) is 14.5. The Hall–Kier alpha value is -2.89. The number of nitro benzene ring substituents is 1. The fourth-order valence-corrected chi connectivity index (χ4v) is 2.94. The van der Waals surface area contributed by atoms with Crippen molar-refractivity contribution in [1.29, 1.82) is 0 Å². The number of nitro groups is 1. The normalized spacial score (nSPS) is 11.0. The van der Waals surface area contributed by atoms with E-state index in [9.17, 15) is 14.9 Å². The number of allylic oxidation sites excluding steroid dienone is 1. The van der Waals surface area contributed by atoms with E-state index in [1.807, 2.05) is 16.7 Å². The van der Waals surface area contributed by atoms with Gasteiger partial charge in [0.05, 0.1) is 9.95 Å². The summed E-state index contributed by atoms with van der Waals surface area (Å²) in [6.07, 6.45) is 4.89. The minimum absolute atomic E-state index is 0.0190. The van der Waals surface area contributed by atoms with Crippen LogP contribution in [0.25, 0.3) is 11.8 Å². The van der Waals surface area contributed by atoms with Gasteiger partial charge in [0.15, 0.2) is 5.78 Å². The third kappa shape index (κ3) is 3.85. The van der Waals surface area contributed by atoms with Crippen molar-refractivity contribution in [3.05, 3.63) is 98.3 Å². The van der Waals surface area contributed by atoms with Gasteiger partial charge in [-0.15, -0.1) is 0 Å². The van der Waals surface area contributed by atoms with E-state index in [2.05, 4.69) is 0 Å². The summed E-state index contributed by atoms with van der Waals surface area (Å²) in [6.45, 7) is 0. The van der Waals surface area contributed by atoms with Crippen LogP contribution in [0, 0.1) is 10.1 Å². The van der Waals surface area contributed by atoms with Crippen molar-refractivity contribution < 1.29 is 9.72 Å². The van der Waals surface area contributed by atoms with Crippen molar-refractivity contribution >= 4 is 40.7 Å². The molecule has 1 heterocycles. The van der Waals surface area contributed by atoms with Gasteiger partial charge < -0.3 is 4.57 Å². The van der Waals surface area contributed by atoms with Gasteiger partial charge in [-0.1, -0.05) is 23.2 Å². The van der Waals surface area contributed by atoms with Crippen LogP contribution in [0.15, 0.2) is 66.9 Å². The molecule has 3 rings (SSSR count). The second-order valence-corrected chi connectivity index (χ2v) is 6.24. The Labute approximate surface area is 159 Å². The average molecular weight is 387 g/mol. The van der Waals surface area contributed by atoms with E-state index in [1.54, 1.807) is 36.5 Å². The molecule has 0 aliphatic carbocycles. The molecule has 0 radical (unpaired) electrons. The van der Waals surface area contributed by atoms with Crippen molar-refractivity contribution in [1.82, 2.24) is 4.57 Å². The highest BCUT2D eigenvalue weighted by Gasteiger charge is 2.09. The molecule has 0 fully saturated rings. The molecule has 7 heteroatoms. The van der Waals surface area contributed by atoms with Crippen LogP contribution in [0.2, 0.25) is 10.0 Å². The summed E-state index contributed by atoms with van der Waals surface area (Å²) < 4.78 is 1.82. The highest BCUT2D eigenvalue weighted by molar-refractivity contribution is 6.37. The van der Waals surface area contributed by atoms with E-state index in [-0.39, 0.29) is 16.5 Å². The summed E-state index contributed by atoms with van der Waals surface area (Å²) >= 11 is 11.9. The summed E-state index contributed by atoms with van der Waals surface area (Å²) in [7, 11) is 0. The maximum atomic E-state index is 12.3. The summed E-state index contributed by atoms with van der Waals surface area (Å²) in [5.41, 5.74) is 1.88. The van der Waals surface area contributed by atoms with Crippen molar-refractivity contribution in [3.63, 3.8) is 0 Å². The molecule has 0 amide bonds. The molecular formula is C19H12Cl2N2O3. The molecule has 0 bridgehead atoms. The molecule has 2 aromatic carbocycles. The Balaban J connectivity index is 1.85. The lowest BCUT2D eigenvalue weighted by Crippen LogP contribution is -1.98. The number of nitrogens with zero attached hydrogens (tertiary/aromatic N) is 2. The third-order valence-corrected chi connectivity index (χ3v) is 4.27. The van der Waals surface area contributed by atoms with Crippen molar-refractivity contribution in [2.75, 3.05) is 0 Å². The van der Waals surface area contributed by atoms with Gasteiger partial charge >= 0.3 is 0 Å². The Morgan fingerprint density at radius 1 is 1.08 bits per heavy atom. The minimum Gasteiger partial charge on any atom is -0.317 e. The maximum Gasteiger partial charge on any atom is 0.269 e. The fourth-order valence-electron chi connectivity index (χ4n) is 2.44. The van der Waals surface area contributed by atoms with Gasteiger partial charge in [-0.3, -0.25) is 14.9 Å². The van der Waals surface area contributed by atoms with Gasteiger partial charge in [-0.25, -0.2) is 0 Å². The quantitative estimate of drug-likeness (QED) is 0.248. The van der Waals surface area contributed by atoms with Crippen LogP contribution in [0.5, 0.6) is 0 Å². The third-order valence-electron chi connectivity index (χ3n) is 3.72. The van der Waals surface area contributed by atoms with Crippen LogP contribution in [-0.4, -0.2) is 15.3 Å². The van der Waals surface area contributed by atoms with E-state index in [0.29, 0.717) is 10.6 Å². The number of hydrogen-bond acceptors (Lipinski definition) is 3. The van der Waals surface area contributed by atoms with Gasteiger partial charge in [0, 0.05) is 40.3 Å². The van der Waals surface area contributed by atoms with Crippen molar-refractivity contribution in [3.8, 4) is 5.69 Å². The molecule has 0 unspecified atom stereocenters. The monoisotopic (exact) mass is 386 g/mol. The molecule has 0 aliphatic heterocycles. The number of ketones is 1. The molecule has 0 saturated heterocycles. The molecule has 3 aromatic rings. The van der Waals surface area contributed by atoms with Crippen molar-refractivity contribution in [2.24, 2.45) is 0 Å². The van der Waals surface area contributed by atoms with Crippen LogP contribution in [-0.2, 0) is 0 Å². The number of carbonyl (C=O) groups is 1. The molecule has 0 atom stereocenters. The zero-order valence-corrected chi connectivity index (χ0v) is 14.8. The Morgan fingerprint density at radius 3 is 2.46 bits per heavy atom. The number of aromatic nitrogens is 1. The lowest BCUT2D eigenvalue weighted by molar-refractivity contribution is -0.384. The number of hydrogen-bond donors (Lipinski definition) is 0. The summed E-state index contributed by atoms with van der Waals surface area (Å²) in [5.74, 6) is -0.247. The fraction of sp³-hybridized carbons (Fsp3) is 0. The molecule has 5 nitrogen and oxygen atoms in total. The summed E-state index contributed by atoms with van der Waals surface area (Å²) in [4.78, 5) is 22.6. The first-order chi connectivity index (χ1) is 12.5. The molecule has 0 N–H and O–H groups in total. The van der Waals surface area contributed by atoms with E-state index >= 15 is 0 Å². The Kier molecular flexibility index (Phi) is 5.21. The molecule has 0 spiro atoms. The molecule has 0 saturated carbocycles. The lowest BCUT2D eigenvalue weighted by atomic mass is 10.1. The Morgan fingerprint density at radius 2 is 1.81 bits per heavy atom. The van der Waals surface area contributed by atoms with Gasteiger partial charge in [0.2, 0.25) is 0 Å². The second kappa shape index (κ2) is 7.56. The smallest absolute Gasteiger partial charge is 0.269 e. The number of halogens is 2. The number of rotatable bonds is 5. The molecular weight excluding hydrogens is 375 g/mol. The van der Waals surface area contributed by atoms with Crippen LogP contribution < -0.4 is 0 Å². The van der Waals surface area contributed by atoms with E-state index in [1.165, 1.54) is 24.3 Å². The highest BCUT2D eigenvalue weighted by atomic mass is 35.5. The predicted molar refractivity (Wildman–Crippen MR) is 102 cm³/mol. The van der Waals surface area contributed by atoms with Crippen LogP contribution in [0.1, 0.15) is 16.1 Å². The summed E-state index contributed by atoms with van der Waals surface area (Å²) in [5, 5.41) is 11.5. The average Bonchev–Trinajstić information content (AvgIpc) is 3.08. The largest absolute Gasteiger partial charge is 0.317 e. The minimum atomic E-state index is -0.450. The second-order valence-electron chi connectivity index (χ2n) is 5.40. The predicted octanol–water partition coefficient (Wildman–Crippen LogP) is 5.59. The van der Waals surface area contributed by atoms with Gasteiger partial charge in [-0.2, -0.15) is 0 Å². The van der Waals surface area contributed by atoms with Crippen LogP contribution >= 0.6 is 23.2 Å². The first kappa shape index (κ1) is 17.9. The molecule has 130 valence electrons. The Bertz CT molecular complexity index is 1010. The number of non-ortho nitro benzene ring substituents is 1. The first-order valence-electron chi connectivity index (χ1n) is 7.55. The zero-order chi connectivity index (χ0) is 18.7. The van der Waals surface area contributed by atoms with Gasteiger partial charge in [0.1, 0.15) is 0 Å². The van der Waals surface area contributed by atoms with E-state index < -0.39 is 4.92 Å². The standard InChI is InChI=1S/C19H12Cl2N2O3/c20-13-3-9-17(18(21)12-13)19(24)10-8-14-2-1-11-22(14)15-4-6-16(7-5-15)23(25)26/h1-12H/b10-8+. The van der Waals surface area contributed by atoms with Crippen LogP contribution in [0.4, 0.5) is 5.69 Å². The number of carbonyl (C=O) groups excluding carboxylic acids is 1. The topological polar surface area (TPSA) is 65.1 Å². The van der Waals surface area contributed by atoms with Gasteiger partial charge in [-0.05, 0) is 54.6 Å². The lowest BCUT2D eigenvalue weighted by Gasteiger charge is -2.06. The first-order valence-corrected chi connectivity index (χ1v) is 8.31. The van der Waals surface area contributed by atoms with E-state index in [0.717, 1.165) is 11.4 Å². The molecule has 1 aromatic heterocycles. The highest BCUT2D eigenvalue weighted by Crippen LogP contribution is 2.22. The zero-order valence-electron chi connectivity index (χ0n) is 13.3. The maximum absolute atomic E-state index is 12.3.